The maximum absolute atomic E-state index is 12.9. The summed E-state index contributed by atoms with van der Waals surface area (Å²) in [6.07, 6.45) is 2.05. The molecule has 184 valence electrons. The molecular formula is C19H30N6O7S. The summed E-state index contributed by atoms with van der Waals surface area (Å²) in [5, 5.41) is 25.5. The Bertz CT molecular complexity index is 833. The third kappa shape index (κ3) is 9.91. The van der Waals surface area contributed by atoms with E-state index in [9.17, 15) is 34.2 Å². The first-order valence-corrected chi connectivity index (χ1v) is 10.8. The quantitative estimate of drug-likeness (QED) is 0.140. The summed E-state index contributed by atoms with van der Waals surface area (Å²) in [7, 11) is 0. The van der Waals surface area contributed by atoms with E-state index in [2.05, 4.69) is 38.5 Å². The maximum Gasteiger partial charge on any atom is 0.326 e. The van der Waals surface area contributed by atoms with Crippen molar-refractivity contribution >= 4 is 42.3 Å². The van der Waals surface area contributed by atoms with Crippen LogP contribution in [0, 0.1) is 5.92 Å². The van der Waals surface area contributed by atoms with E-state index in [4.69, 9.17) is 5.73 Å². The molecule has 8 N–H and O–H groups in total. The predicted octanol–water partition coefficient (Wildman–Crippen LogP) is -1.73. The van der Waals surface area contributed by atoms with Crippen LogP contribution in [0.15, 0.2) is 12.5 Å². The Kier molecular flexibility index (Phi) is 11.4. The summed E-state index contributed by atoms with van der Waals surface area (Å²) in [4.78, 5) is 67.1. The minimum atomic E-state index is -1.58. The van der Waals surface area contributed by atoms with E-state index >= 15 is 0 Å². The number of nitrogens with zero attached hydrogens (tertiary/aromatic N) is 1. The molecule has 0 fully saturated rings. The van der Waals surface area contributed by atoms with Crippen molar-refractivity contribution in [2.45, 2.75) is 57.3 Å². The van der Waals surface area contributed by atoms with Gasteiger partial charge in [0, 0.05) is 24.1 Å². The zero-order chi connectivity index (χ0) is 25.1. The smallest absolute Gasteiger partial charge is 0.326 e. The number of carboxylic acid groups (broad SMARTS) is 2. The van der Waals surface area contributed by atoms with Crippen LogP contribution in [-0.2, 0) is 30.4 Å². The molecule has 0 saturated carbocycles. The molecule has 0 radical (unpaired) electrons. The largest absolute Gasteiger partial charge is 0.481 e. The van der Waals surface area contributed by atoms with Gasteiger partial charge in [0.05, 0.1) is 18.8 Å². The average Bonchev–Trinajstić information content (AvgIpc) is 3.23. The van der Waals surface area contributed by atoms with Gasteiger partial charge in [0.25, 0.3) is 0 Å². The van der Waals surface area contributed by atoms with Crippen LogP contribution in [0.1, 0.15) is 32.4 Å². The lowest BCUT2D eigenvalue weighted by molar-refractivity contribution is -0.144. The van der Waals surface area contributed by atoms with Crippen molar-refractivity contribution in [1.82, 2.24) is 25.9 Å². The van der Waals surface area contributed by atoms with Crippen molar-refractivity contribution in [1.29, 1.82) is 0 Å². The number of thiol groups is 1. The first-order chi connectivity index (χ1) is 15.4. The van der Waals surface area contributed by atoms with Gasteiger partial charge in [0.2, 0.25) is 17.7 Å². The number of aromatic amines is 1. The van der Waals surface area contributed by atoms with Gasteiger partial charge in [-0.1, -0.05) is 13.8 Å². The highest BCUT2D eigenvalue weighted by atomic mass is 32.1. The number of aliphatic carboxylic acids is 2. The lowest BCUT2D eigenvalue weighted by Gasteiger charge is -2.24. The molecule has 0 saturated heterocycles. The molecule has 13 nitrogen and oxygen atoms in total. The monoisotopic (exact) mass is 486 g/mol. The Balaban J connectivity index is 3.04. The molecule has 1 rings (SSSR count). The summed E-state index contributed by atoms with van der Waals surface area (Å²) in [6.45, 7) is 3.52. The number of imidazole rings is 1. The Morgan fingerprint density at radius 3 is 2.09 bits per heavy atom. The fourth-order valence-electron chi connectivity index (χ4n) is 2.81. The number of carbonyl (C=O) groups is 5. The third-order valence-corrected chi connectivity index (χ3v) is 4.87. The van der Waals surface area contributed by atoms with Crippen LogP contribution < -0.4 is 21.7 Å². The topological polar surface area (TPSA) is 217 Å². The number of nitrogens with one attached hydrogen (secondary N) is 4. The van der Waals surface area contributed by atoms with Gasteiger partial charge in [0.15, 0.2) is 0 Å². The highest BCUT2D eigenvalue weighted by Gasteiger charge is 2.32. The number of carbonyl (C=O) groups excluding carboxylic acids is 3. The number of hydrogen-bond donors (Lipinski definition) is 8. The number of nitrogens with two attached hydrogens (primary N) is 1. The van der Waals surface area contributed by atoms with Crippen LogP contribution in [0.3, 0.4) is 0 Å². The fraction of sp³-hybridized carbons (Fsp3) is 0.579. The highest BCUT2D eigenvalue weighted by molar-refractivity contribution is 7.80. The summed E-state index contributed by atoms with van der Waals surface area (Å²) >= 11 is 3.94. The SMILES string of the molecule is CC(C)CC(NC(=O)C(CC(=O)O)NC(=O)C(Cc1cnc[nH]1)NC(=O)C(N)CS)C(=O)O. The second-order valence-corrected chi connectivity index (χ2v) is 8.18. The van der Waals surface area contributed by atoms with E-state index in [1.807, 2.05) is 0 Å². The van der Waals surface area contributed by atoms with Crippen molar-refractivity contribution < 1.29 is 34.2 Å². The summed E-state index contributed by atoms with van der Waals surface area (Å²) < 4.78 is 0. The Hall–Kier alpha value is -3.13. The van der Waals surface area contributed by atoms with E-state index < -0.39 is 60.2 Å². The maximum atomic E-state index is 12.9. The van der Waals surface area contributed by atoms with Crippen molar-refractivity contribution in [2.24, 2.45) is 11.7 Å². The van der Waals surface area contributed by atoms with Crippen LogP contribution in [0.5, 0.6) is 0 Å². The molecular weight excluding hydrogens is 456 g/mol. The molecule has 0 bridgehead atoms. The summed E-state index contributed by atoms with van der Waals surface area (Å²) in [6, 6.07) is -5.07. The number of amides is 3. The molecule has 0 aromatic carbocycles. The third-order valence-electron chi connectivity index (χ3n) is 4.48. The second-order valence-electron chi connectivity index (χ2n) is 7.82. The molecule has 1 aromatic rings. The molecule has 0 aliphatic carbocycles. The minimum Gasteiger partial charge on any atom is -0.481 e. The van der Waals surface area contributed by atoms with Crippen molar-refractivity contribution in [2.75, 3.05) is 5.75 Å². The van der Waals surface area contributed by atoms with Gasteiger partial charge < -0.3 is 36.9 Å². The van der Waals surface area contributed by atoms with E-state index in [-0.39, 0.29) is 24.5 Å². The van der Waals surface area contributed by atoms with Crippen molar-refractivity contribution in [3.05, 3.63) is 18.2 Å². The molecule has 14 heteroatoms. The number of rotatable bonds is 14. The highest BCUT2D eigenvalue weighted by Crippen LogP contribution is 2.07. The van der Waals surface area contributed by atoms with Gasteiger partial charge in [-0.15, -0.1) is 0 Å². The van der Waals surface area contributed by atoms with Gasteiger partial charge in [-0.2, -0.15) is 12.6 Å². The van der Waals surface area contributed by atoms with Crippen LogP contribution in [0.25, 0.3) is 0 Å². The number of hydrogen-bond acceptors (Lipinski definition) is 8. The Morgan fingerprint density at radius 2 is 1.61 bits per heavy atom. The zero-order valence-electron chi connectivity index (χ0n) is 18.3. The lowest BCUT2D eigenvalue weighted by Crippen LogP contribution is -2.58. The molecule has 4 unspecified atom stereocenters. The fourth-order valence-corrected chi connectivity index (χ4v) is 2.97. The molecule has 0 spiro atoms. The van der Waals surface area contributed by atoms with Crippen LogP contribution in [-0.4, -0.2) is 79.8 Å². The normalized spacial score (nSPS) is 14.6. The van der Waals surface area contributed by atoms with E-state index in [0.29, 0.717) is 5.69 Å². The molecule has 1 aromatic heterocycles. The van der Waals surface area contributed by atoms with Gasteiger partial charge in [-0.3, -0.25) is 19.2 Å². The summed E-state index contributed by atoms with van der Waals surface area (Å²) in [5.41, 5.74) is 6.12. The number of H-pyrrole nitrogens is 1. The standard InChI is InChI=1S/C19H30N6O7S/c1-9(2)3-14(19(31)32)25-18(30)13(5-15(26)27)24-17(29)12(4-10-6-21-8-22-10)23-16(28)11(20)7-33/h6,8-9,11-14,33H,3-5,7,20H2,1-2H3,(H,21,22)(H,23,28)(H,24,29)(H,25,30)(H,26,27)(H,31,32). The predicted molar refractivity (Wildman–Crippen MR) is 119 cm³/mol. The summed E-state index contributed by atoms with van der Waals surface area (Å²) in [5.74, 6) is -5.24. The van der Waals surface area contributed by atoms with Gasteiger partial charge >= 0.3 is 11.9 Å². The molecule has 4 atom stereocenters. The Labute approximate surface area is 195 Å². The second kappa shape index (κ2) is 13.4. The van der Waals surface area contributed by atoms with Crippen LogP contribution in [0.4, 0.5) is 0 Å². The van der Waals surface area contributed by atoms with Crippen LogP contribution >= 0.6 is 12.6 Å². The van der Waals surface area contributed by atoms with E-state index in [0.717, 1.165) is 0 Å². The average molecular weight is 487 g/mol. The van der Waals surface area contributed by atoms with E-state index in [1.165, 1.54) is 12.5 Å². The first-order valence-electron chi connectivity index (χ1n) is 10.1. The van der Waals surface area contributed by atoms with Gasteiger partial charge in [-0.05, 0) is 12.3 Å². The number of aromatic nitrogens is 2. The number of carboxylic acids is 2. The first kappa shape index (κ1) is 27.9. The van der Waals surface area contributed by atoms with Crippen molar-refractivity contribution in [3.63, 3.8) is 0 Å². The molecule has 3 amide bonds. The van der Waals surface area contributed by atoms with Crippen molar-refractivity contribution in [3.8, 4) is 0 Å². The Morgan fingerprint density at radius 1 is 1.03 bits per heavy atom. The zero-order valence-corrected chi connectivity index (χ0v) is 19.2. The van der Waals surface area contributed by atoms with Gasteiger partial charge in [-0.25, -0.2) is 9.78 Å². The van der Waals surface area contributed by atoms with Gasteiger partial charge in [0.1, 0.15) is 18.1 Å². The minimum absolute atomic E-state index is 0.0146. The molecule has 33 heavy (non-hydrogen) atoms. The molecule has 0 aliphatic heterocycles. The van der Waals surface area contributed by atoms with E-state index in [1.54, 1.807) is 13.8 Å². The lowest BCUT2D eigenvalue weighted by atomic mass is 10.0. The van der Waals surface area contributed by atoms with Crippen LogP contribution in [0.2, 0.25) is 0 Å². The molecule has 1 heterocycles. The molecule has 0 aliphatic rings.